The number of ether oxygens (including phenoxy) is 1. The van der Waals surface area contributed by atoms with Crippen LogP contribution in [0.1, 0.15) is 81.9 Å². The summed E-state index contributed by atoms with van der Waals surface area (Å²) in [5.41, 5.74) is -1.05. The summed E-state index contributed by atoms with van der Waals surface area (Å²) in [4.78, 5) is 23.3. The highest BCUT2D eigenvalue weighted by Gasteiger charge is 2.55. The lowest BCUT2D eigenvalue weighted by molar-refractivity contribution is -0.128. The number of hydrogen-bond donors (Lipinski definition) is 2. The molecule has 2 N–H and O–H groups in total. The Bertz CT molecular complexity index is 1460. The molecule has 1 atom stereocenters. The summed E-state index contributed by atoms with van der Waals surface area (Å²) >= 11 is 0. The van der Waals surface area contributed by atoms with Gasteiger partial charge in [0.2, 0.25) is 11.7 Å². The minimum atomic E-state index is -4.32. The van der Waals surface area contributed by atoms with Crippen LogP contribution in [0.4, 0.5) is 18.0 Å². The Labute approximate surface area is 255 Å². The lowest BCUT2D eigenvalue weighted by Crippen LogP contribution is -2.63. The van der Waals surface area contributed by atoms with Gasteiger partial charge in [0.15, 0.2) is 0 Å². The number of carbonyl (C=O) groups excluding carboxylic acids is 1. The SMILES string of the molecule is CN1CC(C)([C@](O)(c2ccc(CC(F)(F)F)cc2)c2cncc(-c3noc(C4CCC(NC(=O)OC(C)(C)C)CC4)n3)c2)C1. The molecule has 9 nitrogen and oxygen atoms in total. The molecule has 0 bridgehead atoms. The van der Waals surface area contributed by atoms with Gasteiger partial charge in [-0.1, -0.05) is 36.3 Å². The number of alkyl halides is 3. The molecule has 0 unspecified atom stereocenters. The third kappa shape index (κ3) is 6.91. The summed E-state index contributed by atoms with van der Waals surface area (Å²) in [5, 5.41) is 19.6. The smallest absolute Gasteiger partial charge is 0.407 e. The van der Waals surface area contributed by atoms with E-state index in [1.807, 2.05) is 34.7 Å². The zero-order chi connectivity index (χ0) is 31.9. The van der Waals surface area contributed by atoms with E-state index in [9.17, 15) is 23.1 Å². The quantitative estimate of drug-likeness (QED) is 0.334. The van der Waals surface area contributed by atoms with Gasteiger partial charge < -0.3 is 24.6 Å². The number of amides is 1. The molecule has 1 saturated heterocycles. The monoisotopic (exact) mass is 615 g/mol. The first-order valence-electron chi connectivity index (χ1n) is 14.9. The van der Waals surface area contributed by atoms with Crippen molar-refractivity contribution in [2.45, 2.75) is 89.1 Å². The number of carbonyl (C=O) groups is 1. The fourth-order valence-electron chi connectivity index (χ4n) is 6.57. The molecule has 238 valence electrons. The lowest BCUT2D eigenvalue weighted by Gasteiger charge is -2.55. The van der Waals surface area contributed by atoms with Crippen molar-refractivity contribution >= 4 is 6.09 Å². The van der Waals surface area contributed by atoms with Gasteiger partial charge in [-0.2, -0.15) is 18.2 Å². The van der Waals surface area contributed by atoms with Crippen LogP contribution in [0.25, 0.3) is 11.4 Å². The largest absolute Gasteiger partial charge is 0.444 e. The molecule has 1 amide bonds. The molecule has 3 heterocycles. The van der Waals surface area contributed by atoms with E-state index in [0.29, 0.717) is 41.5 Å². The molecule has 0 spiro atoms. The van der Waals surface area contributed by atoms with Gasteiger partial charge in [-0.15, -0.1) is 0 Å². The Balaban J connectivity index is 1.34. The number of pyridine rings is 1. The minimum Gasteiger partial charge on any atom is -0.444 e. The van der Waals surface area contributed by atoms with Crippen LogP contribution < -0.4 is 5.32 Å². The molecule has 5 rings (SSSR count). The fraction of sp³-hybridized carbons (Fsp3) is 0.562. The predicted molar refractivity (Wildman–Crippen MR) is 157 cm³/mol. The molecule has 2 aromatic heterocycles. The summed E-state index contributed by atoms with van der Waals surface area (Å²) in [6.45, 7) is 8.60. The Morgan fingerprint density at radius 2 is 1.75 bits per heavy atom. The number of aromatic nitrogens is 3. The number of aliphatic hydroxyl groups is 1. The molecule has 1 aliphatic carbocycles. The predicted octanol–water partition coefficient (Wildman–Crippen LogP) is 5.97. The van der Waals surface area contributed by atoms with Crippen LogP contribution >= 0.6 is 0 Å². The van der Waals surface area contributed by atoms with Gasteiger partial charge in [-0.05, 0) is 70.7 Å². The second kappa shape index (κ2) is 11.8. The Morgan fingerprint density at radius 1 is 1.09 bits per heavy atom. The van der Waals surface area contributed by atoms with Crippen molar-refractivity contribution in [2.75, 3.05) is 20.1 Å². The van der Waals surface area contributed by atoms with Gasteiger partial charge in [-0.3, -0.25) is 4.98 Å². The summed E-state index contributed by atoms with van der Waals surface area (Å²) in [6, 6.07) is 7.75. The van der Waals surface area contributed by atoms with Crippen LogP contribution in [-0.4, -0.2) is 69.2 Å². The second-order valence-corrected chi connectivity index (χ2v) is 13.5. The van der Waals surface area contributed by atoms with Crippen LogP contribution in [0, 0.1) is 5.41 Å². The molecule has 1 aromatic carbocycles. The highest BCUT2D eigenvalue weighted by molar-refractivity contribution is 5.68. The average molecular weight is 616 g/mol. The molecule has 2 fully saturated rings. The van der Waals surface area contributed by atoms with Crippen molar-refractivity contribution in [1.29, 1.82) is 0 Å². The number of alkyl carbamates (subject to hydrolysis) is 1. The molecule has 12 heteroatoms. The van der Waals surface area contributed by atoms with E-state index in [4.69, 9.17) is 9.26 Å². The maximum atomic E-state index is 13.0. The highest BCUT2D eigenvalue weighted by atomic mass is 19.4. The van der Waals surface area contributed by atoms with E-state index in [1.165, 1.54) is 12.1 Å². The Morgan fingerprint density at radius 3 is 2.34 bits per heavy atom. The zero-order valence-electron chi connectivity index (χ0n) is 25.7. The van der Waals surface area contributed by atoms with E-state index in [0.717, 1.165) is 25.7 Å². The van der Waals surface area contributed by atoms with Crippen LogP contribution in [0.2, 0.25) is 0 Å². The number of likely N-dealkylation sites (tertiary alicyclic amines) is 1. The molecule has 1 aliphatic heterocycles. The maximum Gasteiger partial charge on any atom is 0.407 e. The van der Waals surface area contributed by atoms with Crippen molar-refractivity contribution in [1.82, 2.24) is 25.3 Å². The molecule has 0 radical (unpaired) electrons. The highest BCUT2D eigenvalue weighted by Crippen LogP contribution is 2.50. The Hall–Kier alpha value is -3.51. The molecule has 3 aromatic rings. The molecule has 44 heavy (non-hydrogen) atoms. The van der Waals surface area contributed by atoms with Gasteiger partial charge in [0.1, 0.15) is 11.2 Å². The van der Waals surface area contributed by atoms with Gasteiger partial charge in [0.05, 0.1) is 6.42 Å². The van der Waals surface area contributed by atoms with Crippen molar-refractivity contribution in [3.05, 3.63) is 65.3 Å². The van der Waals surface area contributed by atoms with Crippen LogP contribution in [0.5, 0.6) is 0 Å². The van der Waals surface area contributed by atoms with Crippen LogP contribution in [0.15, 0.2) is 47.2 Å². The minimum absolute atomic E-state index is 0.0106. The van der Waals surface area contributed by atoms with Gasteiger partial charge in [0, 0.05) is 54.0 Å². The van der Waals surface area contributed by atoms with Crippen LogP contribution in [0.3, 0.4) is 0 Å². The topological polar surface area (TPSA) is 114 Å². The van der Waals surface area contributed by atoms with E-state index < -0.39 is 35.3 Å². The summed E-state index contributed by atoms with van der Waals surface area (Å²) in [7, 11) is 1.95. The molecular weight excluding hydrogens is 575 g/mol. The van der Waals surface area contributed by atoms with Crippen LogP contribution in [-0.2, 0) is 16.8 Å². The standard InChI is InChI=1S/C32H40F3N5O4/c1-29(2,3)43-28(41)37-25-12-8-21(9-13-25)27-38-26(39-44-27)22-14-24(17-36-16-22)32(42,30(4)18-40(5)19-30)23-10-6-20(7-11-23)15-31(33,34)35/h6-7,10-11,14,16-17,21,25,42H,8-9,12-13,15,18-19H2,1-5H3,(H,37,41)/t21?,25?,32-/m0/s1. The van der Waals surface area contributed by atoms with Crippen molar-refractivity contribution in [3.63, 3.8) is 0 Å². The molecular formula is C32H40F3N5O4. The number of benzene rings is 1. The first kappa shape index (κ1) is 31.9. The third-order valence-electron chi connectivity index (χ3n) is 8.54. The first-order valence-corrected chi connectivity index (χ1v) is 14.9. The number of nitrogens with one attached hydrogen (secondary N) is 1. The second-order valence-electron chi connectivity index (χ2n) is 13.5. The van der Waals surface area contributed by atoms with Crippen molar-refractivity contribution < 1.29 is 32.3 Å². The molecule has 2 aliphatic rings. The fourth-order valence-corrected chi connectivity index (χ4v) is 6.57. The maximum absolute atomic E-state index is 13.0. The first-order chi connectivity index (χ1) is 20.5. The van der Waals surface area contributed by atoms with E-state index >= 15 is 0 Å². The van der Waals surface area contributed by atoms with E-state index in [2.05, 4.69) is 25.3 Å². The number of halogens is 3. The number of rotatable bonds is 7. The number of nitrogens with zero attached hydrogens (tertiary/aromatic N) is 4. The van der Waals surface area contributed by atoms with Gasteiger partial charge >= 0.3 is 12.3 Å². The Kier molecular flexibility index (Phi) is 8.54. The third-order valence-corrected chi connectivity index (χ3v) is 8.54. The van der Waals surface area contributed by atoms with Crippen molar-refractivity contribution in [3.8, 4) is 11.4 Å². The van der Waals surface area contributed by atoms with Gasteiger partial charge in [0.25, 0.3) is 0 Å². The number of hydrogen-bond acceptors (Lipinski definition) is 8. The lowest BCUT2D eigenvalue weighted by atomic mass is 9.62. The summed E-state index contributed by atoms with van der Waals surface area (Å²) in [6.07, 6.45) is 0.420. The normalized spacial score (nSPS) is 22.1. The zero-order valence-corrected chi connectivity index (χ0v) is 25.7. The van der Waals surface area contributed by atoms with Crippen molar-refractivity contribution in [2.24, 2.45) is 5.41 Å². The van der Waals surface area contributed by atoms with Gasteiger partial charge in [-0.25, -0.2) is 4.79 Å². The van der Waals surface area contributed by atoms with E-state index in [-0.39, 0.29) is 17.5 Å². The van der Waals surface area contributed by atoms with E-state index in [1.54, 1.807) is 30.6 Å². The molecule has 1 saturated carbocycles. The average Bonchev–Trinajstić information content (AvgIpc) is 3.41. The summed E-state index contributed by atoms with van der Waals surface area (Å²) < 4.78 is 49.9. The summed E-state index contributed by atoms with van der Waals surface area (Å²) in [5.74, 6) is 0.881.